The van der Waals surface area contributed by atoms with Crippen LogP contribution in [-0.4, -0.2) is 16.3 Å². The molecule has 0 aliphatic rings. The lowest BCUT2D eigenvalue weighted by molar-refractivity contribution is 0.542. The standard InChI is InChI=1S/C14H17Br2N3/c1-3-17-14(13-5-6-18-19(13)4-2)10-7-11(15)9-12(16)8-10/h5-9,14,17H,3-4H2,1-2H3. The summed E-state index contributed by atoms with van der Waals surface area (Å²) in [6.45, 7) is 6.01. The molecule has 19 heavy (non-hydrogen) atoms. The van der Waals surface area contributed by atoms with Crippen molar-refractivity contribution in [3.8, 4) is 0 Å². The second-order valence-electron chi connectivity index (χ2n) is 4.27. The molecule has 0 fully saturated rings. The van der Waals surface area contributed by atoms with E-state index in [0.29, 0.717) is 0 Å². The summed E-state index contributed by atoms with van der Waals surface area (Å²) in [5.74, 6) is 0. The van der Waals surface area contributed by atoms with Crippen LogP contribution in [0.25, 0.3) is 0 Å². The number of rotatable bonds is 5. The van der Waals surface area contributed by atoms with E-state index in [1.54, 1.807) is 0 Å². The van der Waals surface area contributed by atoms with E-state index in [1.807, 2.05) is 16.9 Å². The first-order valence-electron chi connectivity index (χ1n) is 6.36. The lowest BCUT2D eigenvalue weighted by Crippen LogP contribution is -2.24. The summed E-state index contributed by atoms with van der Waals surface area (Å²) in [5.41, 5.74) is 2.41. The van der Waals surface area contributed by atoms with Crippen molar-refractivity contribution >= 4 is 31.9 Å². The van der Waals surface area contributed by atoms with E-state index in [-0.39, 0.29) is 6.04 Å². The van der Waals surface area contributed by atoms with Gasteiger partial charge < -0.3 is 5.32 Å². The Morgan fingerprint density at radius 1 is 1.21 bits per heavy atom. The fourth-order valence-electron chi connectivity index (χ4n) is 2.19. The lowest BCUT2D eigenvalue weighted by Gasteiger charge is -2.20. The highest BCUT2D eigenvalue weighted by atomic mass is 79.9. The van der Waals surface area contributed by atoms with Crippen LogP contribution in [-0.2, 0) is 6.54 Å². The van der Waals surface area contributed by atoms with Gasteiger partial charge >= 0.3 is 0 Å². The summed E-state index contributed by atoms with van der Waals surface area (Å²) in [6.07, 6.45) is 1.86. The number of nitrogens with one attached hydrogen (secondary N) is 1. The van der Waals surface area contributed by atoms with Crippen molar-refractivity contribution < 1.29 is 0 Å². The molecule has 1 unspecified atom stereocenters. The van der Waals surface area contributed by atoms with E-state index < -0.39 is 0 Å². The highest BCUT2D eigenvalue weighted by Crippen LogP contribution is 2.28. The predicted molar refractivity (Wildman–Crippen MR) is 85.3 cm³/mol. The molecule has 1 heterocycles. The lowest BCUT2D eigenvalue weighted by atomic mass is 10.0. The van der Waals surface area contributed by atoms with E-state index in [2.05, 4.69) is 74.3 Å². The Kier molecular flexibility index (Phi) is 5.19. The summed E-state index contributed by atoms with van der Waals surface area (Å²) < 4.78 is 4.17. The molecule has 0 amide bonds. The maximum Gasteiger partial charge on any atom is 0.0748 e. The Morgan fingerprint density at radius 3 is 2.47 bits per heavy atom. The minimum Gasteiger partial charge on any atom is -0.305 e. The van der Waals surface area contributed by atoms with Crippen LogP contribution in [0.4, 0.5) is 0 Å². The van der Waals surface area contributed by atoms with Crippen molar-refractivity contribution in [2.45, 2.75) is 26.4 Å². The van der Waals surface area contributed by atoms with Gasteiger partial charge in [0.15, 0.2) is 0 Å². The van der Waals surface area contributed by atoms with Gasteiger partial charge in [-0.3, -0.25) is 4.68 Å². The first kappa shape index (κ1) is 14.8. The van der Waals surface area contributed by atoms with Crippen LogP contribution in [0.3, 0.4) is 0 Å². The van der Waals surface area contributed by atoms with Crippen molar-refractivity contribution in [2.24, 2.45) is 0 Å². The smallest absolute Gasteiger partial charge is 0.0748 e. The average Bonchev–Trinajstić information content (AvgIpc) is 2.82. The van der Waals surface area contributed by atoms with Crippen molar-refractivity contribution in [3.05, 3.63) is 50.7 Å². The number of aromatic nitrogens is 2. The highest BCUT2D eigenvalue weighted by Gasteiger charge is 2.17. The molecule has 0 saturated heterocycles. The average molecular weight is 387 g/mol. The van der Waals surface area contributed by atoms with Crippen molar-refractivity contribution in [1.29, 1.82) is 0 Å². The SMILES string of the molecule is CCNC(c1cc(Br)cc(Br)c1)c1ccnn1CC. The third-order valence-corrected chi connectivity index (χ3v) is 3.89. The van der Waals surface area contributed by atoms with E-state index in [4.69, 9.17) is 0 Å². The van der Waals surface area contributed by atoms with E-state index in [1.165, 1.54) is 11.3 Å². The fraction of sp³-hybridized carbons (Fsp3) is 0.357. The Labute approximate surface area is 130 Å². The van der Waals surface area contributed by atoms with E-state index >= 15 is 0 Å². The van der Waals surface area contributed by atoms with Crippen LogP contribution >= 0.6 is 31.9 Å². The Hall–Kier alpha value is -0.650. The fourth-order valence-corrected chi connectivity index (χ4v) is 3.52. The summed E-state index contributed by atoms with van der Waals surface area (Å²) in [4.78, 5) is 0. The third-order valence-electron chi connectivity index (χ3n) is 2.97. The molecular weight excluding hydrogens is 370 g/mol. The predicted octanol–water partition coefficient (Wildman–Crippen LogP) is 4.13. The molecule has 0 saturated carbocycles. The molecule has 0 aliphatic carbocycles. The molecule has 1 N–H and O–H groups in total. The molecule has 1 aromatic heterocycles. The molecule has 0 spiro atoms. The Balaban J connectivity index is 2.45. The van der Waals surface area contributed by atoms with Crippen LogP contribution in [0.5, 0.6) is 0 Å². The number of hydrogen-bond donors (Lipinski definition) is 1. The second kappa shape index (κ2) is 6.68. The largest absolute Gasteiger partial charge is 0.305 e. The molecule has 0 aliphatic heterocycles. The number of benzene rings is 1. The molecule has 0 radical (unpaired) electrons. The molecule has 102 valence electrons. The van der Waals surface area contributed by atoms with Gasteiger partial charge in [0.25, 0.3) is 0 Å². The molecular formula is C14H17Br2N3. The topological polar surface area (TPSA) is 29.9 Å². The number of nitrogens with zero attached hydrogens (tertiary/aromatic N) is 2. The molecule has 0 bridgehead atoms. The molecule has 1 aromatic carbocycles. The van der Waals surface area contributed by atoms with Gasteiger partial charge in [0, 0.05) is 21.7 Å². The number of halogens is 2. The first-order chi connectivity index (χ1) is 9.15. The Bertz CT molecular complexity index is 531. The van der Waals surface area contributed by atoms with Crippen LogP contribution in [0.1, 0.15) is 31.1 Å². The highest BCUT2D eigenvalue weighted by molar-refractivity contribution is 9.11. The van der Waals surface area contributed by atoms with Gasteiger partial charge in [0.1, 0.15) is 0 Å². The Morgan fingerprint density at radius 2 is 1.89 bits per heavy atom. The van der Waals surface area contributed by atoms with Crippen LogP contribution < -0.4 is 5.32 Å². The van der Waals surface area contributed by atoms with Gasteiger partial charge in [-0.1, -0.05) is 38.8 Å². The van der Waals surface area contributed by atoms with Crippen molar-refractivity contribution in [3.63, 3.8) is 0 Å². The number of hydrogen-bond acceptors (Lipinski definition) is 2. The molecule has 3 nitrogen and oxygen atoms in total. The summed E-state index contributed by atoms with van der Waals surface area (Å²) >= 11 is 7.10. The maximum absolute atomic E-state index is 4.36. The van der Waals surface area contributed by atoms with Gasteiger partial charge in [0.05, 0.1) is 11.7 Å². The number of aryl methyl sites for hydroxylation is 1. The van der Waals surface area contributed by atoms with Crippen LogP contribution in [0.2, 0.25) is 0 Å². The maximum atomic E-state index is 4.36. The van der Waals surface area contributed by atoms with Gasteiger partial charge in [0.2, 0.25) is 0 Å². The molecule has 5 heteroatoms. The minimum atomic E-state index is 0.154. The zero-order valence-corrected chi connectivity index (χ0v) is 14.2. The quantitative estimate of drug-likeness (QED) is 0.837. The third kappa shape index (κ3) is 3.46. The van der Waals surface area contributed by atoms with Crippen LogP contribution in [0.15, 0.2) is 39.4 Å². The normalized spacial score (nSPS) is 12.6. The summed E-state index contributed by atoms with van der Waals surface area (Å²) in [6, 6.07) is 8.56. The van der Waals surface area contributed by atoms with Gasteiger partial charge in [-0.2, -0.15) is 5.10 Å². The van der Waals surface area contributed by atoms with Gasteiger partial charge in [-0.25, -0.2) is 0 Å². The first-order valence-corrected chi connectivity index (χ1v) is 7.95. The van der Waals surface area contributed by atoms with Crippen LogP contribution in [0, 0.1) is 0 Å². The second-order valence-corrected chi connectivity index (χ2v) is 6.10. The van der Waals surface area contributed by atoms with Gasteiger partial charge in [-0.05, 0) is 43.3 Å². The summed E-state index contributed by atoms with van der Waals surface area (Å²) in [5, 5.41) is 7.89. The molecule has 1 atom stereocenters. The molecule has 2 rings (SSSR count). The molecule has 2 aromatic rings. The minimum absolute atomic E-state index is 0.154. The van der Waals surface area contributed by atoms with E-state index in [9.17, 15) is 0 Å². The zero-order valence-electron chi connectivity index (χ0n) is 11.0. The van der Waals surface area contributed by atoms with Gasteiger partial charge in [-0.15, -0.1) is 0 Å². The zero-order chi connectivity index (χ0) is 13.8. The monoisotopic (exact) mass is 385 g/mol. The van der Waals surface area contributed by atoms with E-state index in [0.717, 1.165) is 22.0 Å². The summed E-state index contributed by atoms with van der Waals surface area (Å²) in [7, 11) is 0. The van der Waals surface area contributed by atoms with Crippen molar-refractivity contribution in [2.75, 3.05) is 6.54 Å². The van der Waals surface area contributed by atoms with Crippen molar-refractivity contribution in [1.82, 2.24) is 15.1 Å².